The molecule has 1 amide bonds. The number of carbonyl (C=O) groups excluding carboxylic acids is 2. The van der Waals surface area contributed by atoms with Crippen molar-refractivity contribution in [1.82, 2.24) is 4.90 Å². The third-order valence-corrected chi connectivity index (χ3v) is 7.78. The summed E-state index contributed by atoms with van der Waals surface area (Å²) in [5, 5.41) is 0. The van der Waals surface area contributed by atoms with E-state index in [1.807, 2.05) is 29.2 Å². The SMILES string of the molecule is O=C(c1ccc(F)cc1)C1CC2CCC(C1)N2C(=O)OCC1c2ccccc2-c2ccccc21. The summed E-state index contributed by atoms with van der Waals surface area (Å²) in [4.78, 5) is 28.1. The van der Waals surface area contributed by atoms with Crippen LogP contribution in [0.25, 0.3) is 11.1 Å². The first-order chi connectivity index (χ1) is 16.6. The zero-order valence-electron chi connectivity index (χ0n) is 18.8. The summed E-state index contributed by atoms with van der Waals surface area (Å²) >= 11 is 0. The van der Waals surface area contributed by atoms with Gasteiger partial charge in [0, 0.05) is 29.5 Å². The van der Waals surface area contributed by atoms with Gasteiger partial charge in [-0.15, -0.1) is 0 Å². The van der Waals surface area contributed by atoms with Crippen LogP contribution in [0.15, 0.2) is 72.8 Å². The molecule has 0 saturated carbocycles. The minimum atomic E-state index is -0.346. The van der Waals surface area contributed by atoms with Crippen LogP contribution in [0.1, 0.15) is 53.1 Å². The van der Waals surface area contributed by atoms with Gasteiger partial charge in [-0.3, -0.25) is 4.79 Å². The fraction of sp³-hybridized carbons (Fsp3) is 0.310. The van der Waals surface area contributed by atoms with Crippen molar-refractivity contribution in [3.05, 3.63) is 95.3 Å². The van der Waals surface area contributed by atoms with E-state index in [1.165, 1.54) is 34.4 Å². The number of hydrogen-bond acceptors (Lipinski definition) is 3. The molecule has 0 radical (unpaired) electrons. The number of halogens is 1. The smallest absolute Gasteiger partial charge is 0.410 e. The minimum absolute atomic E-state index is 0.0174. The van der Waals surface area contributed by atoms with Crippen molar-refractivity contribution in [2.24, 2.45) is 5.92 Å². The zero-order chi connectivity index (χ0) is 23.2. The summed E-state index contributed by atoms with van der Waals surface area (Å²) in [6.45, 7) is 0.306. The Hall–Kier alpha value is -3.47. The predicted octanol–water partition coefficient (Wildman–Crippen LogP) is 6.20. The second kappa shape index (κ2) is 8.39. The van der Waals surface area contributed by atoms with Crippen LogP contribution in [-0.4, -0.2) is 35.5 Å². The summed E-state index contributed by atoms with van der Waals surface area (Å²) < 4.78 is 19.2. The lowest BCUT2D eigenvalue weighted by molar-refractivity contribution is 0.0506. The highest BCUT2D eigenvalue weighted by atomic mass is 19.1. The second-order valence-electron chi connectivity index (χ2n) is 9.64. The standard InChI is InChI=1S/C29H26FNO3/c30-20-11-9-18(10-12-20)28(32)19-15-21-13-14-22(16-19)31(21)29(33)34-17-27-25-7-3-1-5-23(25)24-6-2-4-8-26(24)27/h1-12,19,21-22,27H,13-17H2. The minimum Gasteiger partial charge on any atom is -0.448 e. The highest BCUT2D eigenvalue weighted by Crippen LogP contribution is 2.45. The normalized spacial score (nSPS) is 22.9. The number of ether oxygens (including phenoxy) is 1. The molecule has 2 unspecified atom stereocenters. The number of piperidine rings is 1. The number of hydrogen-bond donors (Lipinski definition) is 0. The van der Waals surface area contributed by atoms with Crippen LogP contribution < -0.4 is 0 Å². The molecule has 172 valence electrons. The average Bonchev–Trinajstić information content (AvgIpc) is 3.33. The number of amides is 1. The van der Waals surface area contributed by atoms with E-state index in [2.05, 4.69) is 24.3 Å². The van der Waals surface area contributed by atoms with Gasteiger partial charge in [0.2, 0.25) is 0 Å². The van der Waals surface area contributed by atoms with Crippen LogP contribution in [0.3, 0.4) is 0 Å². The van der Waals surface area contributed by atoms with Crippen molar-refractivity contribution >= 4 is 11.9 Å². The molecule has 2 saturated heterocycles. The lowest BCUT2D eigenvalue weighted by atomic mass is 9.85. The molecule has 6 rings (SSSR count). The quantitative estimate of drug-likeness (QED) is 0.440. The van der Waals surface area contributed by atoms with Gasteiger partial charge >= 0.3 is 6.09 Å². The first-order valence-corrected chi connectivity index (χ1v) is 12.0. The zero-order valence-corrected chi connectivity index (χ0v) is 18.8. The van der Waals surface area contributed by atoms with Gasteiger partial charge in [0.15, 0.2) is 5.78 Å². The molecule has 5 heteroatoms. The molecule has 34 heavy (non-hydrogen) atoms. The third kappa shape index (κ3) is 3.51. The van der Waals surface area contributed by atoms with Crippen LogP contribution >= 0.6 is 0 Å². The van der Waals surface area contributed by atoms with Gasteiger partial charge in [-0.25, -0.2) is 9.18 Å². The first-order valence-electron chi connectivity index (χ1n) is 12.0. The average molecular weight is 456 g/mol. The number of nitrogens with zero attached hydrogens (tertiary/aromatic N) is 1. The van der Waals surface area contributed by atoms with E-state index in [0.29, 0.717) is 25.0 Å². The number of Topliss-reactive ketones (excluding diaryl/α,β-unsaturated/α-hetero) is 1. The molecule has 3 aromatic rings. The monoisotopic (exact) mass is 455 g/mol. The molecule has 0 N–H and O–H groups in total. The summed E-state index contributed by atoms with van der Waals surface area (Å²) in [5.41, 5.74) is 5.35. The maximum absolute atomic E-state index is 13.2. The van der Waals surface area contributed by atoms with Gasteiger partial charge in [0.25, 0.3) is 0 Å². The van der Waals surface area contributed by atoms with Crippen molar-refractivity contribution in [1.29, 1.82) is 0 Å². The van der Waals surface area contributed by atoms with Crippen LogP contribution in [0.2, 0.25) is 0 Å². The van der Waals surface area contributed by atoms with Crippen LogP contribution in [0.5, 0.6) is 0 Å². The number of rotatable bonds is 4. The molecule has 0 aromatic heterocycles. The lowest BCUT2D eigenvalue weighted by Crippen LogP contribution is -2.48. The van der Waals surface area contributed by atoms with Gasteiger partial charge in [-0.2, -0.15) is 0 Å². The Morgan fingerprint density at radius 2 is 1.38 bits per heavy atom. The van der Waals surface area contributed by atoms with Crippen molar-refractivity contribution in [2.75, 3.05) is 6.61 Å². The molecular formula is C29H26FNO3. The van der Waals surface area contributed by atoms with E-state index in [1.54, 1.807) is 12.1 Å². The Bertz CT molecular complexity index is 1190. The molecule has 2 aliphatic heterocycles. The van der Waals surface area contributed by atoms with Crippen molar-refractivity contribution < 1.29 is 18.7 Å². The molecule has 2 bridgehead atoms. The van der Waals surface area contributed by atoms with Crippen molar-refractivity contribution in [3.8, 4) is 11.1 Å². The van der Waals surface area contributed by atoms with E-state index in [0.717, 1.165) is 12.8 Å². The van der Waals surface area contributed by atoms with E-state index >= 15 is 0 Å². The van der Waals surface area contributed by atoms with E-state index < -0.39 is 0 Å². The largest absolute Gasteiger partial charge is 0.448 e. The molecule has 4 nitrogen and oxygen atoms in total. The molecule has 0 spiro atoms. The molecule has 1 aliphatic carbocycles. The van der Waals surface area contributed by atoms with Crippen LogP contribution in [-0.2, 0) is 4.74 Å². The Balaban J connectivity index is 1.14. The molecule has 3 aliphatic rings. The molecular weight excluding hydrogens is 429 g/mol. The third-order valence-electron chi connectivity index (χ3n) is 7.78. The number of fused-ring (bicyclic) bond motifs is 5. The number of carbonyl (C=O) groups is 2. The maximum atomic E-state index is 13.2. The van der Waals surface area contributed by atoms with Gasteiger partial charge in [-0.05, 0) is 72.2 Å². The van der Waals surface area contributed by atoms with E-state index in [4.69, 9.17) is 4.74 Å². The highest BCUT2D eigenvalue weighted by Gasteiger charge is 2.46. The van der Waals surface area contributed by atoms with Crippen LogP contribution in [0.4, 0.5) is 9.18 Å². The topological polar surface area (TPSA) is 46.6 Å². The lowest BCUT2D eigenvalue weighted by Gasteiger charge is -2.37. The second-order valence-corrected chi connectivity index (χ2v) is 9.64. The Kier molecular flexibility index (Phi) is 5.20. The summed E-state index contributed by atoms with van der Waals surface area (Å²) in [6.07, 6.45) is 2.78. The van der Waals surface area contributed by atoms with Crippen LogP contribution in [0, 0.1) is 11.7 Å². The fourth-order valence-corrected chi connectivity index (χ4v) is 6.21. The predicted molar refractivity (Wildman–Crippen MR) is 127 cm³/mol. The summed E-state index contributed by atoms with van der Waals surface area (Å²) in [6, 6.07) is 22.4. The Labute approximate surface area is 198 Å². The highest BCUT2D eigenvalue weighted by molar-refractivity contribution is 5.98. The first kappa shape index (κ1) is 21.1. The molecule has 2 fully saturated rings. The Morgan fingerprint density at radius 3 is 1.97 bits per heavy atom. The van der Waals surface area contributed by atoms with Gasteiger partial charge in [0.1, 0.15) is 12.4 Å². The molecule has 2 heterocycles. The van der Waals surface area contributed by atoms with Gasteiger partial charge < -0.3 is 9.64 Å². The van der Waals surface area contributed by atoms with E-state index in [9.17, 15) is 14.0 Å². The summed E-state index contributed by atoms with van der Waals surface area (Å²) in [7, 11) is 0. The maximum Gasteiger partial charge on any atom is 0.410 e. The number of ketones is 1. The fourth-order valence-electron chi connectivity index (χ4n) is 6.21. The molecule has 2 atom stereocenters. The van der Waals surface area contributed by atoms with Crippen molar-refractivity contribution in [3.63, 3.8) is 0 Å². The Morgan fingerprint density at radius 1 is 0.824 bits per heavy atom. The number of benzene rings is 3. The van der Waals surface area contributed by atoms with Gasteiger partial charge in [-0.1, -0.05) is 48.5 Å². The molecule has 3 aromatic carbocycles. The van der Waals surface area contributed by atoms with Crippen molar-refractivity contribution in [2.45, 2.75) is 43.7 Å². The van der Waals surface area contributed by atoms with Gasteiger partial charge in [0.05, 0.1) is 0 Å². The summed E-state index contributed by atoms with van der Waals surface area (Å²) in [5.74, 6) is -0.405. The van der Waals surface area contributed by atoms with E-state index in [-0.39, 0.29) is 41.6 Å².